The van der Waals surface area contributed by atoms with Gasteiger partial charge in [0, 0.05) is 15.5 Å². The Morgan fingerprint density at radius 3 is 2.79 bits per heavy atom. The summed E-state index contributed by atoms with van der Waals surface area (Å²) in [6.07, 6.45) is 2.67. The van der Waals surface area contributed by atoms with Gasteiger partial charge in [-0.15, -0.1) is 11.3 Å². The summed E-state index contributed by atoms with van der Waals surface area (Å²) in [5, 5.41) is 4.24. The van der Waals surface area contributed by atoms with Crippen molar-refractivity contribution >= 4 is 51.4 Å². The first-order valence-electron chi connectivity index (χ1n) is 9.14. The lowest BCUT2D eigenvalue weighted by molar-refractivity contribution is 0.0997. The van der Waals surface area contributed by atoms with Crippen LogP contribution in [-0.4, -0.2) is 11.8 Å². The van der Waals surface area contributed by atoms with Gasteiger partial charge in [0.2, 0.25) is 0 Å². The fraction of sp³-hybridized carbons (Fsp3) is 0.238. The molecule has 0 saturated heterocycles. The summed E-state index contributed by atoms with van der Waals surface area (Å²) >= 11 is 13.6. The van der Waals surface area contributed by atoms with Gasteiger partial charge in [0.1, 0.15) is 10.8 Å². The van der Waals surface area contributed by atoms with E-state index in [-0.39, 0.29) is 5.76 Å². The monoisotopic (exact) mass is 448 g/mol. The normalized spacial score (nSPS) is 15.8. The molecular weight excluding hydrogens is 431 g/mol. The number of furan rings is 1. The second kappa shape index (κ2) is 7.86. The van der Waals surface area contributed by atoms with Crippen LogP contribution >= 0.6 is 34.5 Å². The maximum Gasteiger partial charge on any atom is 0.292 e. The molecule has 0 unspecified atom stereocenters. The molecule has 0 saturated carbocycles. The summed E-state index contributed by atoms with van der Waals surface area (Å²) in [4.78, 5) is 25.9. The van der Waals surface area contributed by atoms with Crippen LogP contribution in [0.4, 0.5) is 5.00 Å². The maximum absolute atomic E-state index is 12.8. The van der Waals surface area contributed by atoms with E-state index in [0.717, 1.165) is 29.7 Å². The Kier molecular flexibility index (Phi) is 5.42. The third-order valence-corrected chi connectivity index (χ3v) is 6.74. The Balaban J connectivity index is 1.62. The molecule has 5 nitrogen and oxygen atoms in total. The van der Waals surface area contributed by atoms with E-state index >= 15 is 0 Å². The number of carbonyl (C=O) groups excluding carboxylic acids is 2. The lowest BCUT2D eigenvalue weighted by atomic mass is 9.88. The third kappa shape index (κ3) is 3.92. The number of primary amides is 1. The van der Waals surface area contributed by atoms with Gasteiger partial charge in [-0.25, -0.2) is 0 Å². The molecule has 1 atom stereocenters. The van der Waals surface area contributed by atoms with Crippen LogP contribution in [0.25, 0.3) is 11.3 Å². The van der Waals surface area contributed by atoms with Crippen molar-refractivity contribution in [3.8, 4) is 11.3 Å². The SMILES string of the molecule is C[C@H]1CCc2c(sc(NC(=O)c3ccc(-c4cc(Cl)ccc4Cl)o3)c2C(N)=O)C1. The Morgan fingerprint density at radius 1 is 1.24 bits per heavy atom. The van der Waals surface area contributed by atoms with Crippen molar-refractivity contribution in [2.75, 3.05) is 5.32 Å². The zero-order valence-electron chi connectivity index (χ0n) is 15.6. The highest BCUT2D eigenvalue weighted by atomic mass is 35.5. The molecule has 0 spiro atoms. The highest BCUT2D eigenvalue weighted by Gasteiger charge is 2.28. The number of halogens is 2. The van der Waals surface area contributed by atoms with E-state index in [2.05, 4.69) is 12.2 Å². The van der Waals surface area contributed by atoms with Gasteiger partial charge in [-0.05, 0) is 61.1 Å². The number of benzene rings is 1. The van der Waals surface area contributed by atoms with Gasteiger partial charge in [-0.2, -0.15) is 0 Å². The number of anilines is 1. The molecule has 2 heterocycles. The molecular formula is C21H18Cl2N2O3S. The average Bonchev–Trinajstić information content (AvgIpc) is 3.28. The molecule has 3 aromatic rings. The van der Waals surface area contributed by atoms with E-state index < -0.39 is 11.8 Å². The van der Waals surface area contributed by atoms with Crippen LogP contribution in [0, 0.1) is 5.92 Å². The quantitative estimate of drug-likeness (QED) is 0.529. The number of rotatable bonds is 4. The lowest BCUT2D eigenvalue weighted by Crippen LogP contribution is -2.19. The summed E-state index contributed by atoms with van der Waals surface area (Å²) in [6, 6.07) is 8.22. The molecule has 3 N–H and O–H groups in total. The molecule has 0 fully saturated rings. The van der Waals surface area contributed by atoms with E-state index in [0.29, 0.717) is 37.9 Å². The molecule has 0 aliphatic heterocycles. The third-order valence-electron chi connectivity index (χ3n) is 5.01. The predicted molar refractivity (Wildman–Crippen MR) is 116 cm³/mol. The van der Waals surface area contributed by atoms with Crippen LogP contribution in [0.3, 0.4) is 0 Å². The highest BCUT2D eigenvalue weighted by molar-refractivity contribution is 7.17. The standard InChI is InChI=1S/C21H18Cl2N2O3S/c1-10-2-4-12-17(8-10)29-21(18(12)19(24)26)25-20(27)16-7-6-15(28-16)13-9-11(22)3-5-14(13)23/h3,5-7,9-10H,2,4,8H2,1H3,(H2,24,26)(H,25,27)/t10-/m0/s1. The van der Waals surface area contributed by atoms with Gasteiger partial charge in [0.05, 0.1) is 10.6 Å². The van der Waals surface area contributed by atoms with Crippen molar-refractivity contribution in [2.45, 2.75) is 26.2 Å². The van der Waals surface area contributed by atoms with Gasteiger partial charge >= 0.3 is 0 Å². The fourth-order valence-corrected chi connectivity index (χ4v) is 5.35. The Morgan fingerprint density at radius 2 is 2.03 bits per heavy atom. The minimum Gasteiger partial charge on any atom is -0.451 e. The topological polar surface area (TPSA) is 85.3 Å². The van der Waals surface area contributed by atoms with E-state index in [4.69, 9.17) is 33.4 Å². The van der Waals surface area contributed by atoms with Gasteiger partial charge < -0.3 is 15.5 Å². The van der Waals surface area contributed by atoms with E-state index in [1.165, 1.54) is 11.3 Å². The maximum atomic E-state index is 12.8. The second-order valence-corrected chi connectivity index (χ2v) is 9.11. The van der Waals surface area contributed by atoms with Gasteiger partial charge in [0.15, 0.2) is 5.76 Å². The zero-order valence-corrected chi connectivity index (χ0v) is 17.9. The lowest BCUT2D eigenvalue weighted by Gasteiger charge is -2.18. The van der Waals surface area contributed by atoms with Crippen LogP contribution in [0.2, 0.25) is 10.0 Å². The summed E-state index contributed by atoms with van der Waals surface area (Å²) in [5.41, 5.74) is 7.57. The number of carbonyl (C=O) groups is 2. The Hall–Kier alpha value is -2.28. The van der Waals surface area contributed by atoms with Crippen molar-refractivity contribution in [1.82, 2.24) is 0 Å². The largest absolute Gasteiger partial charge is 0.451 e. The number of thiophene rings is 1. The molecule has 0 bridgehead atoms. The van der Waals surface area contributed by atoms with Crippen molar-refractivity contribution in [1.29, 1.82) is 0 Å². The van der Waals surface area contributed by atoms with Crippen LogP contribution < -0.4 is 11.1 Å². The first kappa shape index (κ1) is 20.0. The first-order valence-corrected chi connectivity index (χ1v) is 10.7. The van der Waals surface area contributed by atoms with E-state index in [1.807, 2.05) is 0 Å². The number of nitrogens with two attached hydrogens (primary N) is 1. The van der Waals surface area contributed by atoms with Crippen LogP contribution in [0.5, 0.6) is 0 Å². The van der Waals surface area contributed by atoms with Crippen molar-refractivity contribution in [2.24, 2.45) is 11.7 Å². The average molecular weight is 449 g/mol. The molecule has 2 aromatic heterocycles. The van der Waals surface area contributed by atoms with Gasteiger partial charge in [0.25, 0.3) is 11.8 Å². The molecule has 29 heavy (non-hydrogen) atoms. The second-order valence-electron chi connectivity index (χ2n) is 7.16. The molecule has 0 radical (unpaired) electrons. The summed E-state index contributed by atoms with van der Waals surface area (Å²) in [6.45, 7) is 2.18. The molecule has 150 valence electrons. The van der Waals surface area contributed by atoms with Gasteiger partial charge in [-0.3, -0.25) is 9.59 Å². The van der Waals surface area contributed by atoms with Gasteiger partial charge in [-0.1, -0.05) is 30.1 Å². The number of nitrogens with one attached hydrogen (secondary N) is 1. The highest BCUT2D eigenvalue weighted by Crippen LogP contribution is 2.40. The summed E-state index contributed by atoms with van der Waals surface area (Å²) < 4.78 is 5.69. The molecule has 4 rings (SSSR count). The number of hydrogen-bond donors (Lipinski definition) is 2. The molecule has 1 aliphatic rings. The number of amides is 2. The fourth-order valence-electron chi connectivity index (χ4n) is 3.56. The minimum absolute atomic E-state index is 0.103. The van der Waals surface area contributed by atoms with Crippen LogP contribution in [0.15, 0.2) is 34.7 Å². The minimum atomic E-state index is -0.529. The van der Waals surface area contributed by atoms with E-state index in [9.17, 15) is 9.59 Å². The number of fused-ring (bicyclic) bond motifs is 1. The molecule has 1 aliphatic carbocycles. The molecule has 2 amide bonds. The molecule has 1 aromatic carbocycles. The summed E-state index contributed by atoms with van der Waals surface area (Å²) in [7, 11) is 0. The zero-order chi connectivity index (χ0) is 20.7. The Labute approximate surface area is 181 Å². The first-order chi connectivity index (χ1) is 13.8. The van der Waals surface area contributed by atoms with E-state index in [1.54, 1.807) is 30.3 Å². The van der Waals surface area contributed by atoms with Crippen molar-refractivity contribution < 1.29 is 14.0 Å². The Bertz CT molecular complexity index is 1120. The smallest absolute Gasteiger partial charge is 0.292 e. The van der Waals surface area contributed by atoms with Crippen LogP contribution in [-0.2, 0) is 12.8 Å². The summed E-state index contributed by atoms with van der Waals surface area (Å²) in [5.74, 6) is 0.0884. The molecule has 8 heteroatoms. The number of hydrogen-bond acceptors (Lipinski definition) is 4. The van der Waals surface area contributed by atoms with Crippen molar-refractivity contribution in [3.05, 3.63) is 62.1 Å². The van der Waals surface area contributed by atoms with Crippen LogP contribution in [0.1, 0.15) is 44.7 Å². The van der Waals surface area contributed by atoms with Crippen molar-refractivity contribution in [3.63, 3.8) is 0 Å². The predicted octanol–water partition coefficient (Wildman–Crippen LogP) is 5.79.